The number of ether oxygens (including phenoxy) is 3. The number of urea groups is 1. The molecule has 0 radical (unpaired) electrons. The molecule has 2 bridgehead atoms. The first-order chi connectivity index (χ1) is 12.3. The van der Waals surface area contributed by atoms with Crippen molar-refractivity contribution in [2.75, 3.05) is 19.8 Å². The Morgan fingerprint density at radius 3 is 2.85 bits per heavy atom. The smallest absolute Gasteiger partial charge is 0.345 e. The fourth-order valence-corrected chi connectivity index (χ4v) is 3.74. The molecule has 1 aromatic rings. The summed E-state index contributed by atoms with van der Waals surface area (Å²) in [6.45, 7) is 4.63. The highest BCUT2D eigenvalue weighted by Gasteiger charge is 2.49. The topological polar surface area (TPSA) is 115 Å². The second kappa shape index (κ2) is 5.83. The molecule has 1 unspecified atom stereocenters. The van der Waals surface area contributed by atoms with Crippen molar-refractivity contribution in [1.82, 2.24) is 9.96 Å². The van der Waals surface area contributed by atoms with Crippen molar-refractivity contribution in [1.29, 1.82) is 0 Å². The van der Waals surface area contributed by atoms with Crippen molar-refractivity contribution in [3.63, 3.8) is 0 Å². The van der Waals surface area contributed by atoms with Crippen LogP contribution in [-0.4, -0.2) is 58.8 Å². The second-order valence-corrected chi connectivity index (χ2v) is 7.15. The maximum absolute atomic E-state index is 12.1. The molecule has 9 heteroatoms. The van der Waals surface area contributed by atoms with Crippen LogP contribution in [0.2, 0.25) is 0 Å². The second-order valence-electron chi connectivity index (χ2n) is 7.15. The van der Waals surface area contributed by atoms with Gasteiger partial charge >= 0.3 is 6.03 Å². The van der Waals surface area contributed by atoms with Crippen LogP contribution in [0.15, 0.2) is 18.2 Å². The van der Waals surface area contributed by atoms with Gasteiger partial charge in [0.1, 0.15) is 30.5 Å². The molecule has 3 N–H and O–H groups in total. The van der Waals surface area contributed by atoms with Crippen molar-refractivity contribution in [2.45, 2.75) is 37.8 Å². The lowest BCUT2D eigenvalue weighted by Gasteiger charge is -2.30. The predicted octanol–water partition coefficient (Wildman–Crippen LogP) is 0.925. The van der Waals surface area contributed by atoms with Gasteiger partial charge < -0.3 is 24.8 Å². The summed E-state index contributed by atoms with van der Waals surface area (Å²) in [5.74, 6) is -0.703. The van der Waals surface area contributed by atoms with Crippen molar-refractivity contribution in [3.05, 3.63) is 29.3 Å². The van der Waals surface area contributed by atoms with E-state index >= 15 is 0 Å². The molecule has 3 amide bonds. The summed E-state index contributed by atoms with van der Waals surface area (Å²) >= 11 is 0. The number of rotatable bonds is 4. The van der Waals surface area contributed by atoms with Gasteiger partial charge in [0.05, 0.1) is 13.2 Å². The van der Waals surface area contributed by atoms with E-state index in [0.717, 1.165) is 0 Å². The average molecular weight is 363 g/mol. The Hall–Kier alpha value is -2.36. The number of primary amides is 1. The molecule has 2 saturated heterocycles. The molecule has 3 heterocycles. The fraction of sp³-hybridized carbons (Fsp3) is 0.529. The largest absolute Gasteiger partial charge is 0.491 e. The lowest BCUT2D eigenvalue weighted by atomic mass is 9.90. The number of hydroxylamine groups is 2. The van der Waals surface area contributed by atoms with Gasteiger partial charge in [0.25, 0.3) is 0 Å². The van der Waals surface area contributed by atoms with E-state index in [0.29, 0.717) is 35.2 Å². The first-order valence-corrected chi connectivity index (χ1v) is 8.43. The first kappa shape index (κ1) is 17.1. The molecule has 26 heavy (non-hydrogen) atoms. The summed E-state index contributed by atoms with van der Waals surface area (Å²) in [6.07, 6.45) is -0.183. The molecule has 3 atom stereocenters. The van der Waals surface area contributed by atoms with Crippen LogP contribution < -0.4 is 10.5 Å². The van der Waals surface area contributed by atoms with Crippen LogP contribution in [0.4, 0.5) is 4.79 Å². The maximum Gasteiger partial charge on any atom is 0.345 e. The number of carbonyl (C=O) groups excluding carboxylic acids is 2. The third-order valence-corrected chi connectivity index (χ3v) is 4.90. The molecule has 3 aliphatic rings. The van der Waals surface area contributed by atoms with Gasteiger partial charge in [-0.2, -0.15) is 5.06 Å². The van der Waals surface area contributed by atoms with Gasteiger partial charge in [0.2, 0.25) is 5.91 Å². The SMILES string of the molecule is CC1(C)OCC(COc2ccc3c(c2)[C@@H]2CN(C(=O)N2O)[C@H]3C(N)=O)O1. The molecule has 0 spiro atoms. The minimum absolute atomic E-state index is 0.183. The number of hydrogen-bond donors (Lipinski definition) is 2. The molecule has 140 valence electrons. The zero-order valence-corrected chi connectivity index (χ0v) is 14.5. The quantitative estimate of drug-likeness (QED) is 0.769. The van der Waals surface area contributed by atoms with Crippen LogP contribution in [0, 0.1) is 0 Å². The number of amides is 3. The monoisotopic (exact) mass is 363 g/mol. The van der Waals surface area contributed by atoms with Crippen LogP contribution in [-0.2, 0) is 14.3 Å². The lowest BCUT2D eigenvalue weighted by molar-refractivity contribution is -0.141. The first-order valence-electron chi connectivity index (χ1n) is 8.43. The highest BCUT2D eigenvalue weighted by molar-refractivity contribution is 5.90. The lowest BCUT2D eigenvalue weighted by Crippen LogP contribution is -2.41. The Morgan fingerprint density at radius 2 is 2.19 bits per heavy atom. The molecule has 3 aliphatic heterocycles. The normalized spacial score (nSPS) is 29.0. The highest BCUT2D eigenvalue weighted by Crippen LogP contribution is 2.44. The average Bonchev–Trinajstić information content (AvgIpc) is 3.06. The van der Waals surface area contributed by atoms with Crippen LogP contribution >= 0.6 is 0 Å². The fourth-order valence-electron chi connectivity index (χ4n) is 3.74. The van der Waals surface area contributed by atoms with Crippen molar-refractivity contribution in [3.8, 4) is 5.75 Å². The number of hydrogen-bond acceptors (Lipinski definition) is 6. The minimum atomic E-state index is -0.896. The predicted molar refractivity (Wildman–Crippen MR) is 87.2 cm³/mol. The highest BCUT2D eigenvalue weighted by atomic mass is 16.7. The number of fused-ring (bicyclic) bond motifs is 4. The third kappa shape index (κ3) is 2.68. The zero-order valence-electron chi connectivity index (χ0n) is 14.5. The van der Waals surface area contributed by atoms with Gasteiger partial charge in [-0.25, -0.2) is 4.79 Å². The summed E-state index contributed by atoms with van der Waals surface area (Å²) in [4.78, 5) is 25.3. The molecule has 9 nitrogen and oxygen atoms in total. The number of nitrogens with two attached hydrogens (primary N) is 1. The minimum Gasteiger partial charge on any atom is -0.491 e. The van der Waals surface area contributed by atoms with E-state index in [-0.39, 0.29) is 12.6 Å². The molecule has 2 fully saturated rings. The zero-order chi connectivity index (χ0) is 18.6. The van der Waals surface area contributed by atoms with Gasteiger partial charge in [-0.15, -0.1) is 0 Å². The number of carbonyl (C=O) groups is 2. The Kier molecular flexibility index (Phi) is 3.83. The Bertz CT molecular complexity index is 767. The van der Waals surface area contributed by atoms with Crippen molar-refractivity contribution in [2.24, 2.45) is 5.73 Å². The van der Waals surface area contributed by atoms with E-state index in [9.17, 15) is 14.8 Å². The molecule has 0 aliphatic carbocycles. The Morgan fingerprint density at radius 1 is 1.42 bits per heavy atom. The Balaban J connectivity index is 1.57. The summed E-state index contributed by atoms with van der Waals surface area (Å²) in [5, 5.41) is 10.7. The van der Waals surface area contributed by atoms with E-state index in [4.69, 9.17) is 19.9 Å². The van der Waals surface area contributed by atoms with Gasteiger partial charge in [-0.05, 0) is 37.1 Å². The van der Waals surface area contributed by atoms with Crippen LogP contribution in [0.25, 0.3) is 0 Å². The van der Waals surface area contributed by atoms with Crippen LogP contribution in [0.3, 0.4) is 0 Å². The third-order valence-electron chi connectivity index (χ3n) is 4.90. The van der Waals surface area contributed by atoms with E-state index in [1.54, 1.807) is 18.2 Å². The number of nitrogens with zero attached hydrogens (tertiary/aromatic N) is 2. The van der Waals surface area contributed by atoms with E-state index in [1.807, 2.05) is 13.8 Å². The standard InChI is InChI=1S/C17H21N3O6/c1-17(2)25-8-10(26-17)7-24-9-3-4-11-12(5-9)13-6-19(14(11)15(18)21)16(22)20(13)23/h3-5,10,13-14,23H,6-8H2,1-2H3,(H2,18,21)/t10?,13-,14+/m0/s1. The summed E-state index contributed by atoms with van der Waals surface area (Å²) in [6, 6.07) is 3.08. The molecule has 0 saturated carbocycles. The number of benzene rings is 1. The van der Waals surface area contributed by atoms with E-state index in [1.165, 1.54) is 4.90 Å². The van der Waals surface area contributed by atoms with Crippen molar-refractivity contribution < 1.29 is 29.0 Å². The van der Waals surface area contributed by atoms with Crippen molar-refractivity contribution >= 4 is 11.9 Å². The summed E-state index contributed by atoms with van der Waals surface area (Å²) < 4.78 is 17.0. The van der Waals surface area contributed by atoms with Gasteiger partial charge in [-0.3, -0.25) is 10.0 Å². The molecule has 1 aromatic carbocycles. The van der Waals surface area contributed by atoms with Gasteiger partial charge in [0.15, 0.2) is 5.79 Å². The van der Waals surface area contributed by atoms with E-state index in [2.05, 4.69) is 0 Å². The molecule has 0 aromatic heterocycles. The Labute approximate surface area is 150 Å². The summed E-state index contributed by atoms with van der Waals surface area (Å²) in [7, 11) is 0. The molecule has 4 rings (SSSR count). The van der Waals surface area contributed by atoms with Crippen LogP contribution in [0.1, 0.15) is 37.1 Å². The van der Waals surface area contributed by atoms with Gasteiger partial charge in [0, 0.05) is 0 Å². The maximum atomic E-state index is 12.1. The van der Waals surface area contributed by atoms with Crippen LogP contribution in [0.5, 0.6) is 5.75 Å². The molecular formula is C17H21N3O6. The summed E-state index contributed by atoms with van der Waals surface area (Å²) in [5.41, 5.74) is 6.74. The van der Waals surface area contributed by atoms with E-state index < -0.39 is 29.8 Å². The molecular weight excluding hydrogens is 342 g/mol. The van der Waals surface area contributed by atoms with Gasteiger partial charge in [-0.1, -0.05) is 6.07 Å².